The Hall–Kier alpha value is -3.10. The summed E-state index contributed by atoms with van der Waals surface area (Å²) in [4.78, 5) is 16.2. The van der Waals surface area contributed by atoms with Gasteiger partial charge in [0.05, 0.1) is 4.90 Å². The number of carbonyl (C=O) groups excluding carboxylic acids is 1. The smallest absolute Gasteiger partial charge is 0.255 e. The summed E-state index contributed by atoms with van der Waals surface area (Å²) in [6.07, 6.45) is 3.16. The Morgan fingerprint density at radius 2 is 1.81 bits per heavy atom. The Morgan fingerprint density at radius 3 is 2.52 bits per heavy atom. The Labute approximate surface area is 156 Å². The second-order valence-corrected chi connectivity index (χ2v) is 7.44. The van der Waals surface area contributed by atoms with E-state index in [0.717, 1.165) is 0 Å². The van der Waals surface area contributed by atoms with Crippen LogP contribution in [-0.2, 0) is 16.6 Å². The Kier molecular flexibility index (Phi) is 5.58. The second-order valence-electron chi connectivity index (χ2n) is 5.67. The normalized spacial score (nSPS) is 11.1. The minimum absolute atomic E-state index is 0.0295. The van der Waals surface area contributed by atoms with Crippen molar-refractivity contribution in [2.24, 2.45) is 0 Å². The van der Waals surface area contributed by atoms with Gasteiger partial charge in [-0.15, -0.1) is 0 Å². The lowest BCUT2D eigenvalue weighted by Crippen LogP contribution is -2.23. The van der Waals surface area contributed by atoms with Crippen LogP contribution in [0.3, 0.4) is 0 Å². The molecule has 138 valence electrons. The highest BCUT2D eigenvalue weighted by atomic mass is 32.2. The minimum Gasteiger partial charge on any atom is -0.322 e. The summed E-state index contributed by atoms with van der Waals surface area (Å²) in [7, 11) is -3.80. The first-order valence-electron chi connectivity index (χ1n) is 7.99. The molecule has 0 unspecified atom stereocenters. The molecule has 3 rings (SSSR count). The van der Waals surface area contributed by atoms with Crippen molar-refractivity contribution in [3.05, 3.63) is 90.0 Å². The van der Waals surface area contributed by atoms with Gasteiger partial charge in [-0.25, -0.2) is 17.5 Å². The highest BCUT2D eigenvalue weighted by Gasteiger charge is 2.16. The van der Waals surface area contributed by atoms with Crippen molar-refractivity contribution in [2.45, 2.75) is 11.4 Å². The molecule has 2 N–H and O–H groups in total. The number of nitrogens with zero attached hydrogens (tertiary/aromatic N) is 1. The van der Waals surface area contributed by atoms with E-state index < -0.39 is 21.7 Å². The van der Waals surface area contributed by atoms with Gasteiger partial charge in [0.1, 0.15) is 5.82 Å². The van der Waals surface area contributed by atoms with E-state index in [1.54, 1.807) is 24.5 Å². The fourth-order valence-electron chi connectivity index (χ4n) is 2.31. The first-order valence-corrected chi connectivity index (χ1v) is 9.48. The molecule has 1 heterocycles. The minimum atomic E-state index is -3.80. The van der Waals surface area contributed by atoms with E-state index >= 15 is 0 Å². The third-order valence-corrected chi connectivity index (χ3v) is 5.10. The van der Waals surface area contributed by atoms with E-state index in [1.807, 2.05) is 0 Å². The summed E-state index contributed by atoms with van der Waals surface area (Å²) in [5.74, 6) is -0.910. The Balaban J connectivity index is 1.73. The maximum absolute atomic E-state index is 12.9. The van der Waals surface area contributed by atoms with Crippen LogP contribution in [0, 0.1) is 5.82 Å². The summed E-state index contributed by atoms with van der Waals surface area (Å²) in [5.41, 5.74) is 1.29. The third-order valence-electron chi connectivity index (χ3n) is 3.70. The number of pyridine rings is 1. The SMILES string of the molecule is O=C(Nc1ccc(F)cc1)c1cccc(S(=O)(=O)NCc2cccnc2)c1. The first kappa shape index (κ1) is 18.7. The fourth-order valence-corrected chi connectivity index (χ4v) is 3.37. The van der Waals surface area contributed by atoms with Gasteiger partial charge in [0.25, 0.3) is 5.91 Å². The van der Waals surface area contributed by atoms with Crippen LogP contribution in [0.1, 0.15) is 15.9 Å². The van der Waals surface area contributed by atoms with Crippen LogP contribution < -0.4 is 10.0 Å². The zero-order valence-corrected chi connectivity index (χ0v) is 14.9. The molecule has 0 aliphatic heterocycles. The predicted octanol–water partition coefficient (Wildman–Crippen LogP) is 2.95. The number of anilines is 1. The van der Waals surface area contributed by atoms with E-state index in [2.05, 4.69) is 15.0 Å². The number of hydrogen-bond donors (Lipinski definition) is 2. The Bertz CT molecular complexity index is 1040. The molecule has 0 saturated carbocycles. The molecule has 0 aliphatic carbocycles. The van der Waals surface area contributed by atoms with Crippen molar-refractivity contribution in [2.75, 3.05) is 5.32 Å². The van der Waals surface area contributed by atoms with Gasteiger partial charge < -0.3 is 5.32 Å². The van der Waals surface area contributed by atoms with Crippen LogP contribution in [0.2, 0.25) is 0 Å². The number of halogens is 1. The van der Waals surface area contributed by atoms with Crippen LogP contribution >= 0.6 is 0 Å². The monoisotopic (exact) mass is 385 g/mol. The highest BCUT2D eigenvalue weighted by molar-refractivity contribution is 7.89. The molecule has 8 heteroatoms. The van der Waals surface area contributed by atoms with Gasteiger partial charge in [-0.05, 0) is 54.1 Å². The molecule has 1 aromatic heterocycles. The summed E-state index contributed by atoms with van der Waals surface area (Å²) in [6, 6.07) is 14.4. The van der Waals surface area contributed by atoms with E-state index in [9.17, 15) is 17.6 Å². The number of hydrogen-bond acceptors (Lipinski definition) is 4. The van der Waals surface area contributed by atoms with Gasteiger partial charge in [-0.2, -0.15) is 0 Å². The van der Waals surface area contributed by atoms with Crippen LogP contribution in [-0.4, -0.2) is 19.3 Å². The molecular weight excluding hydrogens is 369 g/mol. The lowest BCUT2D eigenvalue weighted by molar-refractivity contribution is 0.102. The van der Waals surface area contributed by atoms with Crippen LogP contribution in [0.5, 0.6) is 0 Å². The van der Waals surface area contributed by atoms with E-state index in [-0.39, 0.29) is 17.0 Å². The third kappa shape index (κ3) is 4.96. The fraction of sp³-hybridized carbons (Fsp3) is 0.0526. The topological polar surface area (TPSA) is 88.2 Å². The summed E-state index contributed by atoms with van der Waals surface area (Å²) < 4.78 is 40.4. The molecule has 0 atom stereocenters. The molecule has 2 aromatic carbocycles. The van der Waals surface area contributed by atoms with Crippen molar-refractivity contribution >= 4 is 21.6 Å². The molecule has 0 spiro atoms. The van der Waals surface area contributed by atoms with Crippen molar-refractivity contribution in [3.8, 4) is 0 Å². The molecule has 0 saturated heterocycles. The molecule has 6 nitrogen and oxygen atoms in total. The lowest BCUT2D eigenvalue weighted by Gasteiger charge is -2.09. The van der Waals surface area contributed by atoms with Gasteiger partial charge in [0.2, 0.25) is 10.0 Å². The zero-order valence-electron chi connectivity index (χ0n) is 14.1. The molecule has 0 fully saturated rings. The van der Waals surface area contributed by atoms with Gasteiger partial charge in [-0.1, -0.05) is 12.1 Å². The maximum Gasteiger partial charge on any atom is 0.255 e. The number of aromatic nitrogens is 1. The molecule has 0 bridgehead atoms. The number of benzene rings is 2. The number of sulfonamides is 1. The summed E-state index contributed by atoms with van der Waals surface area (Å²) in [6.45, 7) is 0.0855. The molecular formula is C19H16FN3O3S. The molecule has 3 aromatic rings. The van der Waals surface area contributed by atoms with E-state index in [1.165, 1.54) is 48.5 Å². The van der Waals surface area contributed by atoms with E-state index in [0.29, 0.717) is 11.3 Å². The average molecular weight is 385 g/mol. The second kappa shape index (κ2) is 8.07. The van der Waals surface area contributed by atoms with E-state index in [4.69, 9.17) is 0 Å². The van der Waals surface area contributed by atoms with Gasteiger partial charge in [0, 0.05) is 30.2 Å². The number of carbonyl (C=O) groups is 1. The van der Waals surface area contributed by atoms with Crippen molar-refractivity contribution in [1.29, 1.82) is 0 Å². The number of amides is 1. The van der Waals surface area contributed by atoms with Crippen LogP contribution in [0.15, 0.2) is 78.0 Å². The lowest BCUT2D eigenvalue weighted by atomic mass is 10.2. The van der Waals surface area contributed by atoms with Crippen LogP contribution in [0.4, 0.5) is 10.1 Å². The summed E-state index contributed by atoms with van der Waals surface area (Å²) >= 11 is 0. The molecule has 1 amide bonds. The summed E-state index contributed by atoms with van der Waals surface area (Å²) in [5, 5.41) is 2.59. The first-order chi connectivity index (χ1) is 12.9. The average Bonchev–Trinajstić information content (AvgIpc) is 2.69. The zero-order chi connectivity index (χ0) is 19.3. The largest absolute Gasteiger partial charge is 0.322 e. The molecule has 27 heavy (non-hydrogen) atoms. The highest BCUT2D eigenvalue weighted by Crippen LogP contribution is 2.15. The Morgan fingerprint density at radius 1 is 1.04 bits per heavy atom. The van der Waals surface area contributed by atoms with Gasteiger partial charge >= 0.3 is 0 Å². The van der Waals surface area contributed by atoms with Gasteiger partial charge in [0.15, 0.2) is 0 Å². The number of nitrogens with one attached hydrogen (secondary N) is 2. The van der Waals surface area contributed by atoms with Crippen molar-refractivity contribution < 1.29 is 17.6 Å². The van der Waals surface area contributed by atoms with Gasteiger partial charge in [-0.3, -0.25) is 9.78 Å². The van der Waals surface area contributed by atoms with Crippen molar-refractivity contribution in [3.63, 3.8) is 0 Å². The standard InChI is InChI=1S/C19H16FN3O3S/c20-16-6-8-17(9-7-16)23-19(24)15-4-1-5-18(11-15)27(25,26)22-13-14-3-2-10-21-12-14/h1-12,22H,13H2,(H,23,24). The predicted molar refractivity (Wildman–Crippen MR) is 99.1 cm³/mol. The van der Waals surface area contributed by atoms with Crippen LogP contribution in [0.25, 0.3) is 0 Å². The quantitative estimate of drug-likeness (QED) is 0.683. The van der Waals surface area contributed by atoms with Crippen molar-refractivity contribution in [1.82, 2.24) is 9.71 Å². The molecule has 0 aliphatic rings. The molecule has 0 radical (unpaired) electrons. The number of rotatable bonds is 6. The maximum atomic E-state index is 12.9.